The van der Waals surface area contributed by atoms with Crippen molar-refractivity contribution < 1.29 is 0 Å². The van der Waals surface area contributed by atoms with Gasteiger partial charge in [0.2, 0.25) is 0 Å². The molecule has 1 unspecified atom stereocenters. The number of hydrogen-bond acceptors (Lipinski definition) is 3. The average molecular weight is 261 g/mol. The first-order valence-electron chi connectivity index (χ1n) is 7.40. The standard InChI is InChI=1S/C16H27N3/c1-16(2,3)13-8-9-15(18-11-13)19-10-6-5-7-14(19)12-17-4/h8-9,11,14,17H,5-7,10,12H2,1-4H3. The Morgan fingerprint density at radius 3 is 2.68 bits per heavy atom. The van der Waals surface area contributed by atoms with E-state index in [-0.39, 0.29) is 5.41 Å². The quantitative estimate of drug-likeness (QED) is 0.906. The van der Waals surface area contributed by atoms with E-state index in [9.17, 15) is 0 Å². The number of piperidine rings is 1. The maximum atomic E-state index is 4.70. The zero-order chi connectivity index (χ0) is 13.9. The van der Waals surface area contributed by atoms with E-state index in [4.69, 9.17) is 4.98 Å². The lowest BCUT2D eigenvalue weighted by Crippen LogP contribution is -2.45. The summed E-state index contributed by atoms with van der Waals surface area (Å²) in [4.78, 5) is 7.16. The smallest absolute Gasteiger partial charge is 0.128 e. The zero-order valence-corrected chi connectivity index (χ0v) is 12.7. The van der Waals surface area contributed by atoms with E-state index >= 15 is 0 Å². The Morgan fingerprint density at radius 1 is 1.32 bits per heavy atom. The Kier molecular flexibility index (Phi) is 4.46. The van der Waals surface area contributed by atoms with Gasteiger partial charge in [-0.3, -0.25) is 0 Å². The second-order valence-electron chi connectivity index (χ2n) is 6.56. The van der Waals surface area contributed by atoms with Crippen LogP contribution in [0, 0.1) is 0 Å². The molecule has 1 fully saturated rings. The van der Waals surface area contributed by atoms with E-state index in [0.717, 1.165) is 18.9 Å². The summed E-state index contributed by atoms with van der Waals surface area (Å²) in [7, 11) is 2.03. The molecule has 1 N–H and O–H groups in total. The van der Waals surface area contributed by atoms with Gasteiger partial charge in [-0.2, -0.15) is 0 Å². The SMILES string of the molecule is CNCC1CCCCN1c1ccc(C(C)(C)C)cn1. The van der Waals surface area contributed by atoms with Gasteiger partial charge >= 0.3 is 0 Å². The summed E-state index contributed by atoms with van der Waals surface area (Å²) < 4.78 is 0. The van der Waals surface area contributed by atoms with Gasteiger partial charge in [0, 0.05) is 25.3 Å². The number of hydrogen-bond donors (Lipinski definition) is 1. The molecular formula is C16H27N3. The molecule has 1 aromatic heterocycles. The van der Waals surface area contributed by atoms with Crippen LogP contribution in [0.15, 0.2) is 18.3 Å². The van der Waals surface area contributed by atoms with E-state index in [1.54, 1.807) is 0 Å². The molecule has 1 saturated heterocycles. The second kappa shape index (κ2) is 5.91. The maximum absolute atomic E-state index is 4.70. The predicted octanol–water partition coefficient (Wildman–Crippen LogP) is 2.96. The van der Waals surface area contributed by atoms with Crippen molar-refractivity contribution in [3.63, 3.8) is 0 Å². The molecule has 0 bridgehead atoms. The molecule has 1 aliphatic heterocycles. The number of nitrogens with zero attached hydrogens (tertiary/aromatic N) is 2. The molecule has 3 nitrogen and oxygen atoms in total. The minimum Gasteiger partial charge on any atom is -0.352 e. The van der Waals surface area contributed by atoms with Gasteiger partial charge in [-0.25, -0.2) is 4.98 Å². The largest absolute Gasteiger partial charge is 0.352 e. The van der Waals surface area contributed by atoms with Gasteiger partial charge in [0.05, 0.1) is 0 Å². The molecule has 2 heterocycles. The van der Waals surface area contributed by atoms with E-state index < -0.39 is 0 Å². The van der Waals surface area contributed by atoms with Crippen molar-refractivity contribution in [3.05, 3.63) is 23.9 Å². The van der Waals surface area contributed by atoms with Gasteiger partial charge in [-0.15, -0.1) is 0 Å². The highest BCUT2D eigenvalue weighted by molar-refractivity contribution is 5.42. The topological polar surface area (TPSA) is 28.2 Å². The van der Waals surface area contributed by atoms with Crippen LogP contribution in [0.5, 0.6) is 0 Å². The molecule has 0 spiro atoms. The lowest BCUT2D eigenvalue weighted by atomic mass is 9.88. The van der Waals surface area contributed by atoms with Crippen LogP contribution in [0.3, 0.4) is 0 Å². The summed E-state index contributed by atoms with van der Waals surface area (Å²) in [5, 5.41) is 3.30. The van der Waals surface area contributed by atoms with Gasteiger partial charge < -0.3 is 10.2 Å². The molecule has 0 amide bonds. The fraction of sp³-hybridized carbons (Fsp3) is 0.688. The molecule has 0 radical (unpaired) electrons. The minimum absolute atomic E-state index is 0.178. The van der Waals surface area contributed by atoms with Crippen LogP contribution in [0.25, 0.3) is 0 Å². The summed E-state index contributed by atoms with van der Waals surface area (Å²) in [5.41, 5.74) is 1.48. The molecule has 0 aliphatic carbocycles. The van der Waals surface area contributed by atoms with Crippen LogP contribution in [0.4, 0.5) is 5.82 Å². The Balaban J connectivity index is 2.15. The van der Waals surface area contributed by atoms with E-state index in [0.29, 0.717) is 6.04 Å². The van der Waals surface area contributed by atoms with Crippen LogP contribution < -0.4 is 10.2 Å². The monoisotopic (exact) mass is 261 g/mol. The number of anilines is 1. The van der Waals surface area contributed by atoms with Gasteiger partial charge in [0.1, 0.15) is 5.82 Å². The average Bonchev–Trinajstić information content (AvgIpc) is 2.39. The first kappa shape index (κ1) is 14.3. The third kappa shape index (κ3) is 3.47. The third-order valence-electron chi connectivity index (χ3n) is 3.98. The van der Waals surface area contributed by atoms with Crippen LogP contribution in [-0.2, 0) is 5.41 Å². The first-order valence-corrected chi connectivity index (χ1v) is 7.40. The van der Waals surface area contributed by atoms with Crippen molar-refractivity contribution in [3.8, 4) is 0 Å². The minimum atomic E-state index is 0.178. The fourth-order valence-electron chi connectivity index (χ4n) is 2.75. The summed E-state index contributed by atoms with van der Waals surface area (Å²) >= 11 is 0. The summed E-state index contributed by atoms with van der Waals surface area (Å²) in [6.07, 6.45) is 5.93. The Hall–Kier alpha value is -1.09. The fourth-order valence-corrected chi connectivity index (χ4v) is 2.75. The van der Waals surface area contributed by atoms with Crippen molar-refractivity contribution in [1.29, 1.82) is 0 Å². The van der Waals surface area contributed by atoms with E-state index in [1.165, 1.54) is 24.8 Å². The Labute approximate surface area is 117 Å². The van der Waals surface area contributed by atoms with Gasteiger partial charge in [0.15, 0.2) is 0 Å². The van der Waals surface area contributed by atoms with Crippen molar-refractivity contribution in [2.24, 2.45) is 0 Å². The first-order chi connectivity index (χ1) is 9.02. The predicted molar refractivity (Wildman–Crippen MR) is 81.8 cm³/mol. The Morgan fingerprint density at radius 2 is 2.11 bits per heavy atom. The molecule has 19 heavy (non-hydrogen) atoms. The summed E-state index contributed by atoms with van der Waals surface area (Å²) in [6, 6.07) is 5.01. The molecule has 0 aromatic carbocycles. The number of likely N-dealkylation sites (N-methyl/N-ethyl adjacent to an activating group) is 1. The summed E-state index contributed by atoms with van der Waals surface area (Å²) in [5.74, 6) is 1.13. The lowest BCUT2D eigenvalue weighted by molar-refractivity contribution is 0.443. The molecule has 3 heteroatoms. The van der Waals surface area contributed by atoms with Crippen molar-refractivity contribution in [2.75, 3.05) is 25.0 Å². The van der Waals surface area contributed by atoms with Crippen molar-refractivity contribution in [2.45, 2.75) is 51.5 Å². The maximum Gasteiger partial charge on any atom is 0.128 e. The number of aromatic nitrogens is 1. The zero-order valence-electron chi connectivity index (χ0n) is 12.7. The lowest BCUT2D eigenvalue weighted by Gasteiger charge is -2.37. The molecule has 1 aliphatic rings. The van der Waals surface area contributed by atoms with Crippen LogP contribution in [-0.4, -0.2) is 31.2 Å². The van der Waals surface area contributed by atoms with Crippen molar-refractivity contribution >= 4 is 5.82 Å². The highest BCUT2D eigenvalue weighted by Crippen LogP contribution is 2.26. The second-order valence-corrected chi connectivity index (χ2v) is 6.56. The van der Waals surface area contributed by atoms with Crippen molar-refractivity contribution in [1.82, 2.24) is 10.3 Å². The highest BCUT2D eigenvalue weighted by Gasteiger charge is 2.23. The highest BCUT2D eigenvalue weighted by atomic mass is 15.2. The molecule has 1 atom stereocenters. The van der Waals surface area contributed by atoms with E-state index in [1.807, 2.05) is 13.2 Å². The molecular weight excluding hydrogens is 234 g/mol. The van der Waals surface area contributed by atoms with Crippen LogP contribution in [0.2, 0.25) is 0 Å². The normalized spacial score (nSPS) is 20.6. The molecule has 106 valence electrons. The molecule has 1 aromatic rings. The van der Waals surface area contributed by atoms with Gasteiger partial charge in [-0.1, -0.05) is 26.8 Å². The third-order valence-corrected chi connectivity index (χ3v) is 3.98. The van der Waals surface area contributed by atoms with Crippen LogP contribution >= 0.6 is 0 Å². The number of pyridine rings is 1. The van der Waals surface area contributed by atoms with Gasteiger partial charge in [-0.05, 0) is 43.4 Å². The number of nitrogens with one attached hydrogen (secondary N) is 1. The van der Waals surface area contributed by atoms with Gasteiger partial charge in [0.25, 0.3) is 0 Å². The van der Waals surface area contributed by atoms with E-state index in [2.05, 4.69) is 43.1 Å². The molecule has 0 saturated carbocycles. The summed E-state index contributed by atoms with van der Waals surface area (Å²) in [6.45, 7) is 8.87. The Bertz CT molecular complexity index is 389. The number of rotatable bonds is 3. The molecule has 2 rings (SSSR count). The van der Waals surface area contributed by atoms with Crippen LogP contribution in [0.1, 0.15) is 45.6 Å².